The van der Waals surface area contributed by atoms with Gasteiger partial charge in [-0.25, -0.2) is 0 Å². The van der Waals surface area contributed by atoms with Gasteiger partial charge in [-0.3, -0.25) is 0 Å². The molecular weight excluding hydrogens is 136 g/mol. The first-order chi connectivity index (χ1) is 5.21. The summed E-state index contributed by atoms with van der Waals surface area (Å²) < 4.78 is 0. The Balaban J connectivity index is 2.21. The van der Waals surface area contributed by atoms with Gasteiger partial charge in [0.1, 0.15) is 0 Å². The van der Waals surface area contributed by atoms with Crippen molar-refractivity contribution < 1.29 is 5.11 Å². The summed E-state index contributed by atoms with van der Waals surface area (Å²) in [6, 6.07) is 0. The second-order valence-electron chi connectivity index (χ2n) is 4.16. The summed E-state index contributed by atoms with van der Waals surface area (Å²) in [5.74, 6) is 0.575. The molecule has 2 aliphatic rings. The van der Waals surface area contributed by atoms with Crippen molar-refractivity contribution in [3.05, 3.63) is 11.6 Å². The zero-order valence-corrected chi connectivity index (χ0v) is 7.14. The van der Waals surface area contributed by atoms with E-state index in [4.69, 9.17) is 0 Å². The molecule has 1 heteroatoms. The standard InChI is InChI=1S/C10H16O/c1-8-4-5-9-3-2-6-10(9,11)7-8/h4,9,11H,2-3,5-7H2,1H3/t9-,10-/m0/s1. The second kappa shape index (κ2) is 2.34. The van der Waals surface area contributed by atoms with E-state index in [-0.39, 0.29) is 5.60 Å². The number of aliphatic hydroxyl groups is 1. The Kier molecular flexibility index (Phi) is 1.57. The van der Waals surface area contributed by atoms with Crippen molar-refractivity contribution in [2.24, 2.45) is 5.92 Å². The molecule has 0 radical (unpaired) electrons. The van der Waals surface area contributed by atoms with Crippen molar-refractivity contribution in [2.75, 3.05) is 0 Å². The summed E-state index contributed by atoms with van der Waals surface area (Å²) in [4.78, 5) is 0. The van der Waals surface area contributed by atoms with Gasteiger partial charge in [-0.2, -0.15) is 0 Å². The van der Waals surface area contributed by atoms with Crippen LogP contribution in [0.1, 0.15) is 39.0 Å². The van der Waals surface area contributed by atoms with Crippen LogP contribution in [-0.4, -0.2) is 10.7 Å². The highest BCUT2D eigenvalue weighted by Crippen LogP contribution is 2.44. The fourth-order valence-corrected chi connectivity index (χ4v) is 2.60. The first-order valence-electron chi connectivity index (χ1n) is 4.59. The van der Waals surface area contributed by atoms with Crippen molar-refractivity contribution in [3.8, 4) is 0 Å². The fraction of sp³-hybridized carbons (Fsp3) is 0.800. The van der Waals surface area contributed by atoms with Gasteiger partial charge in [0.25, 0.3) is 0 Å². The monoisotopic (exact) mass is 152 g/mol. The first kappa shape index (κ1) is 7.35. The predicted octanol–water partition coefficient (Wildman–Crippen LogP) is 2.26. The zero-order chi connectivity index (χ0) is 7.90. The molecule has 1 nitrogen and oxygen atoms in total. The van der Waals surface area contributed by atoms with Gasteiger partial charge in [-0.15, -0.1) is 0 Å². The van der Waals surface area contributed by atoms with E-state index in [1.54, 1.807) is 0 Å². The van der Waals surface area contributed by atoms with Crippen LogP contribution in [0.2, 0.25) is 0 Å². The third kappa shape index (κ3) is 1.12. The molecule has 1 N–H and O–H groups in total. The summed E-state index contributed by atoms with van der Waals surface area (Å²) >= 11 is 0. The van der Waals surface area contributed by atoms with Gasteiger partial charge in [-0.05, 0) is 38.5 Å². The lowest BCUT2D eigenvalue weighted by Crippen LogP contribution is -2.35. The van der Waals surface area contributed by atoms with Crippen LogP contribution in [0, 0.1) is 5.92 Å². The average Bonchev–Trinajstić information content (AvgIpc) is 2.28. The Hall–Kier alpha value is -0.300. The van der Waals surface area contributed by atoms with Crippen LogP contribution < -0.4 is 0 Å². The summed E-state index contributed by atoms with van der Waals surface area (Å²) in [6.45, 7) is 2.13. The quantitative estimate of drug-likeness (QED) is 0.528. The van der Waals surface area contributed by atoms with Crippen LogP contribution in [0.15, 0.2) is 11.6 Å². The molecule has 62 valence electrons. The Morgan fingerprint density at radius 3 is 3.27 bits per heavy atom. The minimum Gasteiger partial charge on any atom is -0.389 e. The SMILES string of the molecule is CC1=CC[C@@H]2CCC[C@]2(O)C1. The molecule has 1 fully saturated rings. The van der Waals surface area contributed by atoms with E-state index in [1.165, 1.54) is 18.4 Å². The molecule has 0 spiro atoms. The van der Waals surface area contributed by atoms with E-state index >= 15 is 0 Å². The minimum absolute atomic E-state index is 0.307. The topological polar surface area (TPSA) is 20.2 Å². The highest BCUT2D eigenvalue weighted by atomic mass is 16.3. The molecule has 11 heavy (non-hydrogen) atoms. The molecule has 0 bridgehead atoms. The highest BCUT2D eigenvalue weighted by Gasteiger charge is 2.41. The number of rotatable bonds is 0. The smallest absolute Gasteiger partial charge is 0.0715 e. The van der Waals surface area contributed by atoms with E-state index in [0.717, 1.165) is 19.3 Å². The number of allylic oxidation sites excluding steroid dienone is 1. The van der Waals surface area contributed by atoms with Gasteiger partial charge in [0.15, 0.2) is 0 Å². The van der Waals surface area contributed by atoms with Crippen molar-refractivity contribution in [3.63, 3.8) is 0 Å². The number of hydrogen-bond donors (Lipinski definition) is 1. The normalized spacial score (nSPS) is 43.5. The lowest BCUT2D eigenvalue weighted by molar-refractivity contribution is -0.00119. The Morgan fingerprint density at radius 1 is 1.64 bits per heavy atom. The van der Waals surface area contributed by atoms with Crippen molar-refractivity contribution >= 4 is 0 Å². The molecular formula is C10H16O. The van der Waals surface area contributed by atoms with E-state index < -0.39 is 0 Å². The Morgan fingerprint density at radius 2 is 2.45 bits per heavy atom. The molecule has 2 rings (SSSR count). The maximum Gasteiger partial charge on any atom is 0.0715 e. The van der Waals surface area contributed by atoms with Crippen molar-refractivity contribution in [2.45, 2.75) is 44.6 Å². The zero-order valence-electron chi connectivity index (χ0n) is 7.14. The van der Waals surface area contributed by atoms with E-state index in [0.29, 0.717) is 5.92 Å². The minimum atomic E-state index is -0.307. The molecule has 0 aliphatic heterocycles. The molecule has 0 heterocycles. The second-order valence-corrected chi connectivity index (χ2v) is 4.16. The number of fused-ring (bicyclic) bond motifs is 1. The molecule has 2 atom stereocenters. The van der Waals surface area contributed by atoms with Gasteiger partial charge >= 0.3 is 0 Å². The van der Waals surface area contributed by atoms with Crippen LogP contribution in [0.5, 0.6) is 0 Å². The largest absolute Gasteiger partial charge is 0.389 e. The molecule has 1 saturated carbocycles. The van der Waals surface area contributed by atoms with Crippen LogP contribution in [0.3, 0.4) is 0 Å². The van der Waals surface area contributed by atoms with Gasteiger partial charge in [0.2, 0.25) is 0 Å². The third-order valence-electron chi connectivity index (χ3n) is 3.26. The summed E-state index contributed by atoms with van der Waals surface area (Å²) in [5.41, 5.74) is 1.07. The van der Waals surface area contributed by atoms with Gasteiger partial charge in [-0.1, -0.05) is 18.1 Å². The lowest BCUT2D eigenvalue weighted by atomic mass is 9.78. The van der Waals surface area contributed by atoms with E-state index in [1.807, 2.05) is 0 Å². The predicted molar refractivity (Wildman–Crippen MR) is 45.3 cm³/mol. The van der Waals surface area contributed by atoms with Crippen molar-refractivity contribution in [1.82, 2.24) is 0 Å². The fourth-order valence-electron chi connectivity index (χ4n) is 2.60. The summed E-state index contributed by atoms with van der Waals surface area (Å²) in [5, 5.41) is 10.1. The summed E-state index contributed by atoms with van der Waals surface area (Å²) in [6.07, 6.45) is 7.83. The van der Waals surface area contributed by atoms with Gasteiger partial charge < -0.3 is 5.11 Å². The molecule has 0 aromatic rings. The maximum absolute atomic E-state index is 10.1. The molecule has 2 aliphatic carbocycles. The van der Waals surface area contributed by atoms with E-state index in [9.17, 15) is 5.11 Å². The van der Waals surface area contributed by atoms with Crippen LogP contribution in [0.4, 0.5) is 0 Å². The molecule has 0 aromatic carbocycles. The van der Waals surface area contributed by atoms with Gasteiger partial charge in [0, 0.05) is 0 Å². The van der Waals surface area contributed by atoms with Crippen molar-refractivity contribution in [1.29, 1.82) is 0 Å². The lowest BCUT2D eigenvalue weighted by Gasteiger charge is -2.33. The van der Waals surface area contributed by atoms with Gasteiger partial charge in [0.05, 0.1) is 5.60 Å². The molecule has 0 unspecified atom stereocenters. The Bertz CT molecular complexity index is 195. The van der Waals surface area contributed by atoms with E-state index in [2.05, 4.69) is 13.0 Å². The third-order valence-corrected chi connectivity index (χ3v) is 3.26. The summed E-state index contributed by atoms with van der Waals surface area (Å²) in [7, 11) is 0. The van der Waals surface area contributed by atoms with Crippen LogP contribution in [0.25, 0.3) is 0 Å². The Labute approximate surface area is 68.1 Å². The average molecular weight is 152 g/mol. The molecule has 0 aromatic heterocycles. The maximum atomic E-state index is 10.1. The first-order valence-corrected chi connectivity index (χ1v) is 4.59. The molecule has 0 amide bonds. The molecule has 0 saturated heterocycles. The number of hydrogen-bond acceptors (Lipinski definition) is 1. The highest BCUT2D eigenvalue weighted by molar-refractivity contribution is 5.13. The van der Waals surface area contributed by atoms with Crippen LogP contribution >= 0.6 is 0 Å². The van der Waals surface area contributed by atoms with Crippen LogP contribution in [-0.2, 0) is 0 Å².